The second-order valence-corrected chi connectivity index (χ2v) is 23.7. The van der Waals surface area contributed by atoms with Crippen molar-refractivity contribution in [2.75, 3.05) is 28.0 Å². The molecule has 0 radical (unpaired) electrons. The van der Waals surface area contributed by atoms with Gasteiger partial charge in [0.25, 0.3) is 11.8 Å². The number of carbonyl (C=O) groups is 4. The van der Waals surface area contributed by atoms with Gasteiger partial charge >= 0.3 is 0 Å². The maximum absolute atomic E-state index is 14.2. The smallest absolute Gasteiger partial charge is 0.258 e. The Labute approximate surface area is 433 Å². The van der Waals surface area contributed by atoms with Crippen LogP contribution in [0.1, 0.15) is 151 Å². The number of amides is 3. The van der Waals surface area contributed by atoms with E-state index >= 15 is 0 Å². The summed E-state index contributed by atoms with van der Waals surface area (Å²) >= 11 is 0. The quantitative estimate of drug-likeness (QED) is 0.0535. The summed E-state index contributed by atoms with van der Waals surface area (Å²) in [5, 5.41) is 3.18. The van der Waals surface area contributed by atoms with E-state index in [9.17, 15) is 19.2 Å². The van der Waals surface area contributed by atoms with Gasteiger partial charge in [-0.15, -0.1) is 0 Å². The highest BCUT2D eigenvalue weighted by Crippen LogP contribution is 2.43. The zero-order chi connectivity index (χ0) is 50.4. The highest BCUT2D eigenvalue weighted by atomic mass is 33.1. The topological polar surface area (TPSA) is 114 Å². The van der Waals surface area contributed by atoms with E-state index in [0.29, 0.717) is 54.2 Å². The molecule has 378 valence electrons. The summed E-state index contributed by atoms with van der Waals surface area (Å²) in [7, 11) is 5.16. The Morgan fingerprint density at radius 3 is 1.89 bits per heavy atom. The van der Waals surface area contributed by atoms with Crippen LogP contribution in [0.5, 0.6) is 17.2 Å². The van der Waals surface area contributed by atoms with Gasteiger partial charge in [0.1, 0.15) is 24.7 Å². The SMILES string of the molecule is CCCCCCC(=O)CCCSSC(C)(C)CCC(=O)Nc1cc(COc2cc3c(cc2C)C(=O)N2c4ccccc4C[C@H]2CC3)cc(COc2cc3c(cc2OC)C(=O)N2c4ccccc4C[C@H]2CC3)c1. The first kappa shape index (κ1) is 51.2. The minimum atomic E-state index is -0.143. The first-order valence-electron chi connectivity index (χ1n) is 26.1. The average Bonchev–Trinajstić information content (AvgIpc) is 3.87. The maximum atomic E-state index is 14.2. The molecular weight excluding hydrogens is 939 g/mol. The second kappa shape index (κ2) is 23.0. The number of methoxy groups -OCH3 is 1. The summed E-state index contributed by atoms with van der Waals surface area (Å²) in [6.45, 7) is 8.91. The van der Waals surface area contributed by atoms with Crippen molar-refractivity contribution in [3.8, 4) is 17.2 Å². The van der Waals surface area contributed by atoms with E-state index in [1.165, 1.54) is 24.0 Å². The van der Waals surface area contributed by atoms with Gasteiger partial charge in [-0.1, -0.05) is 84.2 Å². The van der Waals surface area contributed by atoms with Gasteiger partial charge in [0.15, 0.2) is 11.5 Å². The lowest BCUT2D eigenvalue weighted by atomic mass is 9.98. The number of para-hydroxylation sites is 2. The Kier molecular flexibility index (Phi) is 16.4. The van der Waals surface area contributed by atoms with Crippen LogP contribution in [0.15, 0.2) is 91.0 Å². The highest BCUT2D eigenvalue weighted by Gasteiger charge is 2.39. The van der Waals surface area contributed by atoms with Gasteiger partial charge in [-0.25, -0.2) is 0 Å². The third-order valence-corrected chi connectivity index (χ3v) is 18.1. The number of Topliss-reactive ketones (excluding diaryl/α,β-unsaturated/α-hetero) is 1. The van der Waals surface area contributed by atoms with Gasteiger partial charge < -0.3 is 29.3 Å². The van der Waals surface area contributed by atoms with Gasteiger partial charge in [-0.05, 0) is 172 Å². The largest absolute Gasteiger partial charge is 0.493 e. The molecule has 0 fully saturated rings. The van der Waals surface area contributed by atoms with E-state index in [1.807, 2.05) is 89.5 Å². The molecule has 3 amide bonds. The van der Waals surface area contributed by atoms with E-state index < -0.39 is 0 Å². The molecule has 5 aromatic rings. The lowest BCUT2D eigenvalue weighted by Gasteiger charge is -2.23. The number of rotatable bonds is 22. The summed E-state index contributed by atoms with van der Waals surface area (Å²) in [4.78, 5) is 58.2. The van der Waals surface area contributed by atoms with Crippen molar-refractivity contribution in [2.45, 2.75) is 154 Å². The van der Waals surface area contributed by atoms with Gasteiger partial charge in [0.2, 0.25) is 5.91 Å². The minimum Gasteiger partial charge on any atom is -0.493 e. The number of ketones is 1. The standard InChI is InChI=1S/C60H69N3O7S2/c1-6-7-8-9-17-49(64)18-14-27-71-72-60(3,4)26-25-57(65)61-46-30-40(37-69-54-34-42-21-23-47-32-44-15-10-12-19-52(44)62(47)58(66)50(42)28-39(54)2)29-41(31-46)38-70-56-35-43-22-24-48-33-45-16-11-13-20-53(45)63(48)59(67)51(43)36-55(56)68-5/h10-13,15-16,19-20,28-31,34-36,47-48H,6-9,14,17-18,21-27,32-33,37-38H2,1-5H3,(H,61,65)/t47-,48-/m1/s1. The molecule has 5 aromatic carbocycles. The Balaban J connectivity index is 0.887. The number of benzene rings is 5. The number of aryl methyl sites for hydroxylation is 3. The molecule has 0 unspecified atom stereocenters. The Bertz CT molecular complexity index is 2830. The van der Waals surface area contributed by atoms with E-state index in [4.69, 9.17) is 14.2 Å². The number of nitrogens with zero attached hydrogens (tertiary/aromatic N) is 2. The molecule has 9 rings (SSSR count). The summed E-state index contributed by atoms with van der Waals surface area (Å²) < 4.78 is 18.9. The zero-order valence-corrected chi connectivity index (χ0v) is 44.2. The van der Waals surface area contributed by atoms with Crippen molar-refractivity contribution in [3.05, 3.63) is 141 Å². The van der Waals surface area contributed by atoms with Crippen LogP contribution in [-0.4, -0.2) is 53.2 Å². The Hall–Kier alpha value is -5.72. The molecule has 72 heavy (non-hydrogen) atoms. The molecule has 1 N–H and O–H groups in total. The first-order chi connectivity index (χ1) is 34.9. The van der Waals surface area contributed by atoms with Crippen molar-refractivity contribution < 1.29 is 33.4 Å². The van der Waals surface area contributed by atoms with Gasteiger partial charge in [0, 0.05) is 70.0 Å². The molecule has 0 saturated heterocycles. The Morgan fingerprint density at radius 2 is 1.26 bits per heavy atom. The van der Waals surface area contributed by atoms with Crippen LogP contribution in [-0.2, 0) is 48.5 Å². The van der Waals surface area contributed by atoms with Crippen molar-refractivity contribution in [3.63, 3.8) is 0 Å². The molecule has 2 atom stereocenters. The predicted molar refractivity (Wildman–Crippen MR) is 292 cm³/mol. The molecule has 0 saturated carbocycles. The fourth-order valence-corrected chi connectivity index (χ4v) is 13.5. The predicted octanol–water partition coefficient (Wildman–Crippen LogP) is 13.4. The minimum absolute atomic E-state index is 0.0185. The number of hydrogen-bond donors (Lipinski definition) is 1. The van der Waals surface area contributed by atoms with Crippen molar-refractivity contribution >= 4 is 62.2 Å². The van der Waals surface area contributed by atoms with Crippen LogP contribution in [0.4, 0.5) is 17.1 Å². The number of unbranched alkanes of at least 4 members (excludes halogenated alkanes) is 3. The molecule has 10 nitrogen and oxygen atoms in total. The number of nitrogens with one attached hydrogen (secondary N) is 1. The molecule has 4 heterocycles. The fourth-order valence-electron chi connectivity index (χ4n) is 10.8. The molecule has 4 aliphatic rings. The Morgan fingerprint density at radius 1 is 0.681 bits per heavy atom. The zero-order valence-electron chi connectivity index (χ0n) is 42.6. The molecule has 0 aliphatic carbocycles. The third-order valence-electron chi connectivity index (χ3n) is 14.7. The van der Waals surface area contributed by atoms with E-state index in [0.717, 1.165) is 114 Å². The monoisotopic (exact) mass is 1010 g/mol. The fraction of sp³-hybridized carbons (Fsp3) is 0.433. The molecule has 0 spiro atoms. The summed E-state index contributed by atoms with van der Waals surface area (Å²) in [6, 6.07) is 30.4. The molecule has 4 aliphatic heterocycles. The lowest BCUT2D eigenvalue weighted by Crippen LogP contribution is -2.36. The number of hydrogen-bond acceptors (Lipinski definition) is 9. The number of ether oxygens (including phenoxy) is 3. The van der Waals surface area contributed by atoms with E-state index in [-0.39, 0.29) is 47.8 Å². The highest BCUT2D eigenvalue weighted by molar-refractivity contribution is 8.77. The molecular formula is C60H69N3O7S2. The van der Waals surface area contributed by atoms with Crippen LogP contribution in [0.25, 0.3) is 0 Å². The lowest BCUT2D eigenvalue weighted by molar-refractivity contribution is -0.119. The van der Waals surface area contributed by atoms with E-state index in [2.05, 4.69) is 44.3 Å². The van der Waals surface area contributed by atoms with Gasteiger partial charge in [-0.2, -0.15) is 0 Å². The van der Waals surface area contributed by atoms with Crippen LogP contribution in [0.2, 0.25) is 0 Å². The molecule has 0 bridgehead atoms. The van der Waals surface area contributed by atoms with Gasteiger partial charge in [0.05, 0.1) is 7.11 Å². The van der Waals surface area contributed by atoms with Crippen molar-refractivity contribution in [1.29, 1.82) is 0 Å². The first-order valence-corrected chi connectivity index (χ1v) is 28.4. The van der Waals surface area contributed by atoms with Gasteiger partial charge in [-0.3, -0.25) is 19.2 Å². The normalized spacial score (nSPS) is 16.7. The average molecular weight is 1010 g/mol. The van der Waals surface area contributed by atoms with Crippen LogP contribution in [0.3, 0.4) is 0 Å². The van der Waals surface area contributed by atoms with Crippen LogP contribution >= 0.6 is 21.6 Å². The van der Waals surface area contributed by atoms with E-state index in [1.54, 1.807) is 28.7 Å². The number of carbonyl (C=O) groups excluding carboxylic acids is 4. The second-order valence-electron chi connectivity index (χ2n) is 20.6. The summed E-state index contributed by atoms with van der Waals surface area (Å²) in [5.41, 5.74) is 10.9. The maximum Gasteiger partial charge on any atom is 0.258 e. The number of fused-ring (bicyclic) bond motifs is 8. The summed E-state index contributed by atoms with van der Waals surface area (Å²) in [6.07, 6.45) is 12.7. The summed E-state index contributed by atoms with van der Waals surface area (Å²) in [5.74, 6) is 2.96. The molecule has 0 aromatic heterocycles. The third kappa shape index (κ3) is 11.9. The molecule has 12 heteroatoms. The van der Waals surface area contributed by atoms with Crippen molar-refractivity contribution in [2.24, 2.45) is 0 Å². The van der Waals surface area contributed by atoms with Crippen molar-refractivity contribution in [1.82, 2.24) is 0 Å². The van der Waals surface area contributed by atoms with Crippen LogP contribution < -0.4 is 29.3 Å². The van der Waals surface area contributed by atoms with Crippen LogP contribution in [0, 0.1) is 6.92 Å². The number of anilines is 3.